The first kappa shape index (κ1) is 11.5. The van der Waals surface area contributed by atoms with E-state index in [-0.39, 0.29) is 5.95 Å². The average molecular weight is 323 g/mol. The number of oxazole rings is 1. The van der Waals surface area contributed by atoms with Gasteiger partial charge in [-0.15, -0.1) is 0 Å². The molecule has 0 saturated heterocycles. The number of aromatic nitrogens is 3. The molecule has 0 fully saturated rings. The van der Waals surface area contributed by atoms with Crippen LogP contribution in [0.2, 0.25) is 0 Å². The van der Waals surface area contributed by atoms with Crippen molar-refractivity contribution in [1.82, 2.24) is 15.0 Å². The van der Waals surface area contributed by atoms with Gasteiger partial charge in [0.05, 0.1) is 4.47 Å². The molecule has 2 aromatic heterocycles. The Morgan fingerprint density at radius 2 is 2.06 bits per heavy atom. The normalized spacial score (nSPS) is 10.9. The van der Waals surface area contributed by atoms with Crippen molar-refractivity contribution >= 4 is 44.7 Å². The Balaban J connectivity index is 1.98. The van der Waals surface area contributed by atoms with Gasteiger partial charge in [0.1, 0.15) is 10.5 Å². The highest BCUT2D eigenvalue weighted by molar-refractivity contribution is 9.10. The molecule has 90 valence electrons. The van der Waals surface area contributed by atoms with Crippen LogP contribution in [0, 0.1) is 0 Å². The summed E-state index contributed by atoms with van der Waals surface area (Å²) in [4.78, 5) is 12.4. The van der Waals surface area contributed by atoms with Gasteiger partial charge in [0.2, 0.25) is 5.95 Å². The van der Waals surface area contributed by atoms with Crippen molar-refractivity contribution < 1.29 is 4.42 Å². The predicted octanol–water partition coefficient (Wildman–Crippen LogP) is 3.11. The predicted molar refractivity (Wildman–Crippen MR) is 72.3 cm³/mol. The minimum Gasteiger partial charge on any atom is -0.431 e. The number of hydrogen-bond acceptors (Lipinski definition) is 6. The van der Waals surface area contributed by atoms with Crippen molar-refractivity contribution in [3.63, 3.8) is 0 Å². The van der Waals surface area contributed by atoms with Crippen molar-refractivity contribution in [3.8, 4) is 0 Å². The van der Waals surface area contributed by atoms with Gasteiger partial charge in [0.15, 0.2) is 5.58 Å². The second-order valence-electron chi connectivity index (χ2n) is 3.43. The number of nitrogen functional groups attached to an aromatic ring is 1. The smallest absolute Gasteiger partial charge is 0.263 e. The van der Waals surface area contributed by atoms with Gasteiger partial charge in [-0.2, -0.15) is 0 Å². The number of nitrogens with two attached hydrogens (primary N) is 1. The third-order valence-electron chi connectivity index (χ3n) is 2.19. The largest absolute Gasteiger partial charge is 0.431 e. The highest BCUT2D eigenvalue weighted by atomic mass is 79.9. The van der Waals surface area contributed by atoms with E-state index in [4.69, 9.17) is 10.2 Å². The number of para-hydroxylation sites is 2. The number of rotatable bonds is 2. The van der Waals surface area contributed by atoms with E-state index in [0.29, 0.717) is 10.2 Å². The Labute approximate surface area is 115 Å². The summed E-state index contributed by atoms with van der Waals surface area (Å²) in [6.45, 7) is 0. The Morgan fingerprint density at radius 3 is 2.89 bits per heavy atom. The Morgan fingerprint density at radius 1 is 1.22 bits per heavy atom. The number of halogens is 1. The molecular weight excluding hydrogens is 316 g/mol. The van der Waals surface area contributed by atoms with Gasteiger partial charge in [0.25, 0.3) is 5.22 Å². The topological polar surface area (TPSA) is 77.8 Å². The zero-order chi connectivity index (χ0) is 12.5. The SMILES string of the molecule is Nc1ncc(Br)c(Sc2nc3ccccc3o2)n1. The lowest BCUT2D eigenvalue weighted by Crippen LogP contribution is -1.95. The second-order valence-corrected chi connectivity index (χ2v) is 5.23. The Kier molecular flexibility index (Phi) is 2.92. The molecule has 0 aliphatic heterocycles. The van der Waals surface area contributed by atoms with Gasteiger partial charge in [-0.05, 0) is 39.8 Å². The number of fused-ring (bicyclic) bond motifs is 1. The molecule has 0 aliphatic carbocycles. The monoisotopic (exact) mass is 322 g/mol. The molecule has 0 radical (unpaired) electrons. The standard InChI is InChI=1S/C11H7BrN4OS/c12-6-5-14-10(13)16-9(6)18-11-15-7-3-1-2-4-8(7)17-11/h1-5H,(H2,13,14,16). The molecular formula is C11H7BrN4OS. The van der Waals surface area contributed by atoms with E-state index >= 15 is 0 Å². The van der Waals surface area contributed by atoms with E-state index < -0.39 is 0 Å². The van der Waals surface area contributed by atoms with Crippen LogP contribution in [-0.4, -0.2) is 15.0 Å². The maximum Gasteiger partial charge on any atom is 0.263 e. The highest BCUT2D eigenvalue weighted by Crippen LogP contribution is 2.32. The summed E-state index contributed by atoms with van der Waals surface area (Å²) < 4.78 is 6.35. The highest BCUT2D eigenvalue weighted by Gasteiger charge is 2.11. The van der Waals surface area contributed by atoms with Crippen LogP contribution < -0.4 is 5.73 Å². The molecule has 0 amide bonds. The molecule has 0 unspecified atom stereocenters. The number of nitrogens with zero attached hydrogens (tertiary/aromatic N) is 3. The summed E-state index contributed by atoms with van der Waals surface area (Å²) in [7, 11) is 0. The van der Waals surface area contributed by atoms with Gasteiger partial charge in [-0.3, -0.25) is 0 Å². The molecule has 18 heavy (non-hydrogen) atoms. The van der Waals surface area contributed by atoms with Crippen LogP contribution in [0.5, 0.6) is 0 Å². The molecule has 0 saturated carbocycles. The third kappa shape index (κ3) is 2.19. The van der Waals surface area contributed by atoms with Crippen molar-refractivity contribution in [1.29, 1.82) is 0 Å². The van der Waals surface area contributed by atoms with Crippen molar-refractivity contribution in [2.45, 2.75) is 10.2 Å². The lowest BCUT2D eigenvalue weighted by atomic mass is 10.3. The summed E-state index contributed by atoms with van der Waals surface area (Å²) in [5.41, 5.74) is 7.11. The summed E-state index contributed by atoms with van der Waals surface area (Å²) in [5, 5.41) is 1.20. The van der Waals surface area contributed by atoms with Gasteiger partial charge in [-0.1, -0.05) is 12.1 Å². The molecule has 2 N–H and O–H groups in total. The summed E-state index contributed by atoms with van der Waals surface area (Å²) in [6, 6.07) is 7.58. The van der Waals surface area contributed by atoms with Gasteiger partial charge in [0, 0.05) is 6.20 Å². The van der Waals surface area contributed by atoms with E-state index in [1.807, 2.05) is 24.3 Å². The molecule has 3 aromatic rings. The van der Waals surface area contributed by atoms with Crippen molar-refractivity contribution in [2.24, 2.45) is 0 Å². The fraction of sp³-hybridized carbons (Fsp3) is 0. The van der Waals surface area contributed by atoms with E-state index in [1.165, 1.54) is 11.8 Å². The van der Waals surface area contributed by atoms with Crippen LogP contribution in [0.1, 0.15) is 0 Å². The first-order chi connectivity index (χ1) is 8.72. The number of benzene rings is 1. The molecule has 0 aliphatic rings. The fourth-order valence-corrected chi connectivity index (χ4v) is 2.58. The van der Waals surface area contributed by atoms with Crippen LogP contribution in [0.4, 0.5) is 5.95 Å². The van der Waals surface area contributed by atoms with Crippen LogP contribution in [0.15, 0.2) is 49.6 Å². The summed E-state index contributed by atoms with van der Waals surface area (Å²) >= 11 is 4.66. The minimum absolute atomic E-state index is 0.219. The van der Waals surface area contributed by atoms with E-state index in [1.54, 1.807) is 6.20 Å². The number of anilines is 1. The maximum absolute atomic E-state index is 5.60. The summed E-state index contributed by atoms with van der Waals surface area (Å²) in [5.74, 6) is 0.219. The molecule has 0 atom stereocenters. The lowest BCUT2D eigenvalue weighted by Gasteiger charge is -1.99. The molecule has 1 aromatic carbocycles. The zero-order valence-corrected chi connectivity index (χ0v) is 11.4. The molecule has 0 spiro atoms. The molecule has 2 heterocycles. The number of hydrogen-bond donors (Lipinski definition) is 1. The van der Waals surface area contributed by atoms with Crippen LogP contribution in [0.3, 0.4) is 0 Å². The first-order valence-electron chi connectivity index (χ1n) is 5.04. The van der Waals surface area contributed by atoms with Gasteiger partial charge in [-0.25, -0.2) is 15.0 Å². The first-order valence-corrected chi connectivity index (χ1v) is 6.65. The van der Waals surface area contributed by atoms with E-state index in [2.05, 4.69) is 30.9 Å². The molecule has 5 nitrogen and oxygen atoms in total. The fourth-order valence-electron chi connectivity index (χ4n) is 1.41. The molecule has 3 rings (SSSR count). The molecule has 0 bridgehead atoms. The Bertz CT molecular complexity index is 682. The van der Waals surface area contributed by atoms with E-state index in [9.17, 15) is 0 Å². The Hall–Kier alpha value is -1.60. The minimum atomic E-state index is 0.219. The van der Waals surface area contributed by atoms with Crippen LogP contribution in [-0.2, 0) is 0 Å². The van der Waals surface area contributed by atoms with Crippen molar-refractivity contribution in [2.75, 3.05) is 5.73 Å². The quantitative estimate of drug-likeness (QED) is 0.730. The third-order valence-corrected chi connectivity index (χ3v) is 3.89. The zero-order valence-electron chi connectivity index (χ0n) is 9.00. The van der Waals surface area contributed by atoms with Crippen LogP contribution in [0.25, 0.3) is 11.1 Å². The summed E-state index contributed by atoms with van der Waals surface area (Å²) in [6.07, 6.45) is 1.60. The average Bonchev–Trinajstić information content (AvgIpc) is 2.76. The molecule has 7 heteroatoms. The van der Waals surface area contributed by atoms with Crippen LogP contribution >= 0.6 is 27.7 Å². The van der Waals surface area contributed by atoms with E-state index in [0.717, 1.165) is 15.6 Å². The second kappa shape index (κ2) is 4.58. The van der Waals surface area contributed by atoms with Crippen molar-refractivity contribution in [3.05, 3.63) is 34.9 Å². The van der Waals surface area contributed by atoms with Gasteiger partial charge >= 0.3 is 0 Å². The maximum atomic E-state index is 5.60. The van der Waals surface area contributed by atoms with Gasteiger partial charge < -0.3 is 10.2 Å². The lowest BCUT2D eigenvalue weighted by molar-refractivity contribution is 0.489.